The van der Waals surface area contributed by atoms with Gasteiger partial charge in [0.2, 0.25) is 10.9 Å². The fourth-order valence-electron chi connectivity index (χ4n) is 3.51. The number of nitrogens with one attached hydrogen (secondary N) is 2. The molecule has 7 nitrogen and oxygen atoms in total. The van der Waals surface area contributed by atoms with Crippen LogP contribution in [-0.2, 0) is 10.9 Å². The molecule has 31 heavy (non-hydrogen) atoms. The van der Waals surface area contributed by atoms with Crippen molar-refractivity contribution < 1.29 is 21.9 Å². The third-order valence-corrected chi connectivity index (χ3v) is 5.87. The van der Waals surface area contributed by atoms with E-state index in [1.807, 2.05) is 0 Å². The average molecular weight is 467 g/mol. The predicted octanol–water partition coefficient (Wildman–Crippen LogP) is 4.10. The summed E-state index contributed by atoms with van der Waals surface area (Å²) in [5.41, 5.74) is 1.00. The molecule has 1 unspecified atom stereocenters. The molecule has 0 aliphatic heterocycles. The van der Waals surface area contributed by atoms with Gasteiger partial charge in [-0.1, -0.05) is 17.7 Å². The van der Waals surface area contributed by atoms with Crippen LogP contribution in [0.5, 0.6) is 5.75 Å². The Hall–Kier alpha value is -2.82. The Morgan fingerprint density at radius 1 is 1.26 bits per heavy atom. The fraction of sp³-hybridized carbons (Fsp3) is 0.200. The number of H-pyrrole nitrogens is 1. The molecule has 2 aromatic carbocycles. The van der Waals surface area contributed by atoms with Crippen LogP contribution < -0.4 is 9.46 Å². The van der Waals surface area contributed by atoms with Crippen molar-refractivity contribution in [2.45, 2.75) is 12.6 Å². The van der Waals surface area contributed by atoms with E-state index in [-0.39, 0.29) is 29.1 Å². The molecule has 0 saturated carbocycles. The minimum absolute atomic E-state index is 0.00397. The number of methoxy groups -OCH3 is 1. The van der Waals surface area contributed by atoms with Gasteiger partial charge < -0.3 is 4.74 Å². The highest BCUT2D eigenvalue weighted by Crippen LogP contribution is 2.43. The summed E-state index contributed by atoms with van der Waals surface area (Å²) in [5, 5.41) is 8.95. The van der Waals surface area contributed by atoms with Crippen molar-refractivity contribution in [2.75, 3.05) is 13.7 Å². The first kappa shape index (κ1) is 21.4. The molecule has 0 spiro atoms. The van der Waals surface area contributed by atoms with Gasteiger partial charge in [-0.15, -0.1) is 0 Å². The standard InChI is InChI=1S/C20H17ClF2N4O3S/c1-30-17-7-12-10(8-24-20-14(12)9-25-27-20)6-13(17)18-16(23)3-2-11(19(18)21)15(22)4-5-26-31(28)29/h2-3,6-9,15,31H,4-5H2,1H3,(H,24,25,27)(H,26,28,29). The molecule has 0 saturated heterocycles. The van der Waals surface area contributed by atoms with Crippen LogP contribution in [0.25, 0.3) is 32.9 Å². The lowest BCUT2D eigenvalue weighted by Crippen LogP contribution is -2.14. The van der Waals surface area contributed by atoms with Gasteiger partial charge >= 0.3 is 0 Å². The molecule has 0 bridgehead atoms. The molecule has 4 rings (SSSR count). The molecule has 4 aromatic rings. The molecule has 2 N–H and O–H groups in total. The van der Waals surface area contributed by atoms with E-state index in [9.17, 15) is 17.2 Å². The van der Waals surface area contributed by atoms with Crippen LogP contribution in [0.1, 0.15) is 18.2 Å². The molecule has 0 aliphatic rings. The Labute approximate surface area is 182 Å². The van der Waals surface area contributed by atoms with E-state index in [2.05, 4.69) is 19.9 Å². The van der Waals surface area contributed by atoms with Gasteiger partial charge in [-0.25, -0.2) is 26.9 Å². The zero-order valence-corrected chi connectivity index (χ0v) is 17.8. The van der Waals surface area contributed by atoms with Crippen molar-refractivity contribution in [3.63, 3.8) is 0 Å². The van der Waals surface area contributed by atoms with Gasteiger partial charge in [0, 0.05) is 40.2 Å². The predicted molar refractivity (Wildman–Crippen MR) is 115 cm³/mol. The van der Waals surface area contributed by atoms with E-state index < -0.39 is 22.9 Å². The number of aromatic nitrogens is 3. The van der Waals surface area contributed by atoms with Gasteiger partial charge in [0.25, 0.3) is 0 Å². The van der Waals surface area contributed by atoms with Crippen molar-refractivity contribution >= 4 is 44.3 Å². The second kappa shape index (κ2) is 8.74. The van der Waals surface area contributed by atoms with Crippen LogP contribution in [0.3, 0.4) is 0 Å². The number of rotatable bonds is 7. The fourth-order valence-corrected chi connectivity index (χ4v) is 4.19. The highest BCUT2D eigenvalue weighted by atomic mass is 35.5. The van der Waals surface area contributed by atoms with Crippen LogP contribution in [0.4, 0.5) is 8.78 Å². The topological polar surface area (TPSA) is 97.0 Å². The van der Waals surface area contributed by atoms with Crippen molar-refractivity contribution in [1.82, 2.24) is 19.9 Å². The third-order valence-electron chi connectivity index (χ3n) is 4.98. The number of fused-ring (bicyclic) bond motifs is 3. The summed E-state index contributed by atoms with van der Waals surface area (Å²) in [6, 6.07) is 5.80. The first-order valence-electron chi connectivity index (χ1n) is 9.20. The zero-order chi connectivity index (χ0) is 22.1. The van der Waals surface area contributed by atoms with Crippen LogP contribution in [0, 0.1) is 5.82 Å². The van der Waals surface area contributed by atoms with Crippen molar-refractivity contribution in [3.8, 4) is 16.9 Å². The lowest BCUT2D eigenvalue weighted by Gasteiger charge is -2.17. The summed E-state index contributed by atoms with van der Waals surface area (Å²) in [7, 11) is -1.38. The Morgan fingerprint density at radius 2 is 2.06 bits per heavy atom. The molecule has 0 aliphatic carbocycles. The van der Waals surface area contributed by atoms with Gasteiger partial charge in [0.15, 0.2) is 5.65 Å². The molecule has 2 heterocycles. The quantitative estimate of drug-likeness (QED) is 0.356. The lowest BCUT2D eigenvalue weighted by atomic mass is 9.96. The molecule has 11 heteroatoms. The molecule has 2 aromatic heterocycles. The van der Waals surface area contributed by atoms with Crippen LogP contribution in [-0.4, -0.2) is 37.3 Å². The highest BCUT2D eigenvalue weighted by molar-refractivity contribution is 7.70. The SMILES string of the molecule is COc1cc2c(cnc3[nH]ncc32)cc1-c1c(F)ccc(C(F)CCN[SH](=O)=O)c1Cl. The van der Waals surface area contributed by atoms with Crippen molar-refractivity contribution in [2.24, 2.45) is 0 Å². The number of hydrogen-bond acceptors (Lipinski definition) is 5. The summed E-state index contributed by atoms with van der Waals surface area (Å²) >= 11 is 6.44. The summed E-state index contributed by atoms with van der Waals surface area (Å²) < 4.78 is 58.5. The minimum Gasteiger partial charge on any atom is -0.496 e. The smallest absolute Gasteiger partial charge is 0.201 e. The van der Waals surface area contributed by atoms with Crippen LogP contribution >= 0.6 is 11.6 Å². The van der Waals surface area contributed by atoms with Gasteiger partial charge in [-0.3, -0.25) is 5.10 Å². The molecule has 1 atom stereocenters. The van der Waals surface area contributed by atoms with Gasteiger partial charge in [0.05, 0.1) is 18.3 Å². The number of alkyl halides is 1. The highest BCUT2D eigenvalue weighted by Gasteiger charge is 2.23. The van der Waals surface area contributed by atoms with Gasteiger partial charge in [0.1, 0.15) is 17.7 Å². The van der Waals surface area contributed by atoms with E-state index in [0.29, 0.717) is 22.3 Å². The lowest BCUT2D eigenvalue weighted by molar-refractivity contribution is 0.325. The van der Waals surface area contributed by atoms with Crippen molar-refractivity contribution in [1.29, 1.82) is 0 Å². The maximum absolute atomic E-state index is 14.9. The molecule has 0 fully saturated rings. The summed E-state index contributed by atoms with van der Waals surface area (Å²) in [4.78, 5) is 4.30. The molecule has 162 valence electrons. The minimum atomic E-state index is -2.83. The summed E-state index contributed by atoms with van der Waals surface area (Å²) in [6.07, 6.45) is 1.51. The monoisotopic (exact) mass is 466 g/mol. The first-order chi connectivity index (χ1) is 14.9. The maximum atomic E-state index is 14.9. The summed E-state index contributed by atoms with van der Waals surface area (Å²) in [6.45, 7) is -0.103. The second-order valence-electron chi connectivity index (χ2n) is 6.78. The Bertz CT molecular complexity index is 1350. The Morgan fingerprint density at radius 3 is 2.81 bits per heavy atom. The second-order valence-corrected chi connectivity index (χ2v) is 7.99. The molecule has 0 radical (unpaired) electrons. The normalized spacial score (nSPS) is 12.7. The van der Waals surface area contributed by atoms with Gasteiger partial charge in [-0.2, -0.15) is 5.10 Å². The number of hydrogen-bond donors (Lipinski definition) is 3. The maximum Gasteiger partial charge on any atom is 0.201 e. The third kappa shape index (κ3) is 4.06. The molecular weight excluding hydrogens is 450 g/mol. The number of ether oxygens (including phenoxy) is 1. The first-order valence-corrected chi connectivity index (χ1v) is 10.8. The Balaban J connectivity index is 1.84. The van der Waals surface area contributed by atoms with Crippen LogP contribution in [0.2, 0.25) is 5.02 Å². The zero-order valence-electron chi connectivity index (χ0n) is 16.2. The molecule has 0 amide bonds. The van der Waals surface area contributed by atoms with E-state index in [1.54, 1.807) is 24.5 Å². The number of aromatic amines is 1. The Kier molecular flexibility index (Phi) is 6.03. The van der Waals surface area contributed by atoms with E-state index in [4.69, 9.17) is 16.3 Å². The number of pyridine rings is 1. The largest absolute Gasteiger partial charge is 0.496 e. The van der Waals surface area contributed by atoms with Crippen LogP contribution in [0.15, 0.2) is 36.7 Å². The van der Waals surface area contributed by atoms with E-state index in [1.165, 1.54) is 13.2 Å². The number of nitrogens with zero attached hydrogens (tertiary/aromatic N) is 2. The summed E-state index contributed by atoms with van der Waals surface area (Å²) in [5.74, 6) is -0.295. The number of halogens is 3. The van der Waals surface area contributed by atoms with Crippen molar-refractivity contribution in [3.05, 3.63) is 53.1 Å². The number of benzene rings is 2. The molecular formula is C20H17ClF2N4O3S. The average Bonchev–Trinajstić information content (AvgIpc) is 3.22. The van der Waals surface area contributed by atoms with Gasteiger partial charge in [-0.05, 0) is 30.0 Å². The van der Waals surface area contributed by atoms with E-state index in [0.717, 1.165) is 16.8 Å². The van der Waals surface area contributed by atoms with E-state index >= 15 is 0 Å². The number of thiol groups is 1.